The molecule has 0 aromatic heterocycles. The predicted molar refractivity (Wildman–Crippen MR) is 133 cm³/mol. The zero-order valence-corrected chi connectivity index (χ0v) is 20.9. The molecule has 2 aromatic rings. The molecular weight excluding hydrogens is 462 g/mol. The van der Waals surface area contributed by atoms with E-state index in [1.165, 1.54) is 14.2 Å². The molecule has 1 aliphatic carbocycles. The van der Waals surface area contributed by atoms with Gasteiger partial charge in [-0.2, -0.15) is 0 Å². The fourth-order valence-electron chi connectivity index (χ4n) is 4.45. The van der Waals surface area contributed by atoms with E-state index in [4.69, 9.17) is 18.9 Å². The highest BCUT2D eigenvalue weighted by atomic mass is 16.5. The first-order valence-electron chi connectivity index (χ1n) is 11.6. The highest BCUT2D eigenvalue weighted by molar-refractivity contribution is 6.23. The quantitative estimate of drug-likeness (QED) is 0.549. The molecule has 8 nitrogen and oxygen atoms in total. The van der Waals surface area contributed by atoms with Crippen molar-refractivity contribution in [1.29, 1.82) is 0 Å². The number of hydrogen-bond acceptors (Lipinski definition) is 7. The zero-order valence-electron chi connectivity index (χ0n) is 20.9. The van der Waals surface area contributed by atoms with E-state index < -0.39 is 5.78 Å². The van der Waals surface area contributed by atoms with Crippen LogP contribution in [-0.2, 0) is 30.2 Å². The number of nitrogens with zero attached hydrogens (tertiary/aromatic N) is 1. The molecule has 0 unspecified atom stereocenters. The number of ketones is 2. The van der Waals surface area contributed by atoms with Crippen LogP contribution < -0.4 is 4.74 Å². The number of Topliss-reactive ketones (excluding diaryl/α,β-unsaturated/α-hetero) is 2. The van der Waals surface area contributed by atoms with Gasteiger partial charge in [0, 0.05) is 36.2 Å². The summed E-state index contributed by atoms with van der Waals surface area (Å²) in [5.41, 5.74) is 3.52. The molecule has 4 rings (SSSR count). The van der Waals surface area contributed by atoms with E-state index in [0.717, 1.165) is 22.4 Å². The molecule has 1 heterocycles. The predicted octanol–water partition coefficient (Wildman–Crippen LogP) is 3.35. The average molecular weight is 492 g/mol. The molecule has 188 valence electrons. The van der Waals surface area contributed by atoms with Gasteiger partial charge in [0.25, 0.3) is 5.91 Å². The van der Waals surface area contributed by atoms with Gasteiger partial charge in [-0.3, -0.25) is 14.4 Å². The van der Waals surface area contributed by atoms with Crippen LogP contribution in [0.1, 0.15) is 22.8 Å². The molecule has 0 bridgehead atoms. The van der Waals surface area contributed by atoms with Crippen LogP contribution in [0.25, 0.3) is 11.1 Å². The number of morpholine rings is 1. The maximum atomic E-state index is 13.6. The van der Waals surface area contributed by atoms with Gasteiger partial charge in [0.2, 0.25) is 23.1 Å². The van der Waals surface area contributed by atoms with Crippen LogP contribution in [0.2, 0.25) is 0 Å². The summed E-state index contributed by atoms with van der Waals surface area (Å²) in [6.07, 6.45) is 0.173. The van der Waals surface area contributed by atoms with E-state index in [0.29, 0.717) is 43.0 Å². The van der Waals surface area contributed by atoms with E-state index in [1.54, 1.807) is 25.0 Å². The van der Waals surface area contributed by atoms with E-state index in [9.17, 15) is 14.4 Å². The summed E-state index contributed by atoms with van der Waals surface area (Å²) in [6.45, 7) is 3.58. The van der Waals surface area contributed by atoms with Gasteiger partial charge >= 0.3 is 0 Å². The van der Waals surface area contributed by atoms with Crippen LogP contribution in [0.5, 0.6) is 5.75 Å². The van der Waals surface area contributed by atoms with Gasteiger partial charge < -0.3 is 23.8 Å². The smallest absolute Gasteiger partial charge is 0.254 e. The van der Waals surface area contributed by atoms with Crippen molar-refractivity contribution >= 4 is 17.5 Å². The van der Waals surface area contributed by atoms with E-state index in [2.05, 4.69) is 0 Å². The molecule has 0 atom stereocenters. The van der Waals surface area contributed by atoms with E-state index in [-0.39, 0.29) is 29.6 Å². The largest absolute Gasteiger partial charge is 0.497 e. The highest BCUT2D eigenvalue weighted by Gasteiger charge is 2.35. The minimum Gasteiger partial charge on any atom is -0.497 e. The second kappa shape index (κ2) is 10.8. The van der Waals surface area contributed by atoms with Crippen molar-refractivity contribution in [2.75, 3.05) is 47.6 Å². The van der Waals surface area contributed by atoms with Gasteiger partial charge in [-0.1, -0.05) is 24.3 Å². The summed E-state index contributed by atoms with van der Waals surface area (Å²) >= 11 is 0. The molecule has 2 aromatic carbocycles. The number of carbonyl (C=O) groups excluding carboxylic acids is 3. The van der Waals surface area contributed by atoms with Crippen LogP contribution in [0, 0.1) is 0 Å². The van der Waals surface area contributed by atoms with Gasteiger partial charge in [-0.25, -0.2) is 0 Å². The van der Waals surface area contributed by atoms with E-state index in [1.807, 2.05) is 36.4 Å². The summed E-state index contributed by atoms with van der Waals surface area (Å²) < 4.78 is 21.0. The molecule has 8 heteroatoms. The van der Waals surface area contributed by atoms with Crippen molar-refractivity contribution in [3.63, 3.8) is 0 Å². The lowest BCUT2D eigenvalue weighted by atomic mass is 9.87. The molecule has 1 amide bonds. The Kier molecular flexibility index (Phi) is 7.55. The maximum absolute atomic E-state index is 13.6. The second-order valence-corrected chi connectivity index (χ2v) is 8.52. The Morgan fingerprint density at radius 2 is 1.53 bits per heavy atom. The summed E-state index contributed by atoms with van der Waals surface area (Å²) in [4.78, 5) is 41.3. The number of amides is 1. The summed E-state index contributed by atoms with van der Waals surface area (Å²) in [5, 5.41) is 0. The molecule has 0 N–H and O–H groups in total. The number of hydrogen-bond donors (Lipinski definition) is 0. The molecule has 0 radical (unpaired) electrons. The maximum Gasteiger partial charge on any atom is 0.254 e. The van der Waals surface area contributed by atoms with Crippen LogP contribution in [0.15, 0.2) is 65.1 Å². The first-order chi connectivity index (χ1) is 17.4. The van der Waals surface area contributed by atoms with Crippen LogP contribution in [-0.4, -0.2) is 70.0 Å². The summed E-state index contributed by atoms with van der Waals surface area (Å²) in [7, 11) is 4.27. The number of ether oxygens (including phenoxy) is 4. The first kappa shape index (κ1) is 25.2. The van der Waals surface area contributed by atoms with Crippen molar-refractivity contribution in [3.8, 4) is 16.9 Å². The van der Waals surface area contributed by atoms with Crippen molar-refractivity contribution < 1.29 is 33.3 Å². The average Bonchev–Trinajstić information content (AvgIpc) is 2.93. The minimum atomic E-state index is -0.397. The fraction of sp³-hybridized carbons (Fsp3) is 0.321. The molecule has 1 saturated heterocycles. The summed E-state index contributed by atoms with van der Waals surface area (Å²) in [5.74, 6) is -0.377. The van der Waals surface area contributed by atoms with Gasteiger partial charge in [-0.05, 0) is 41.8 Å². The molecule has 2 aliphatic rings. The third kappa shape index (κ3) is 4.77. The molecule has 1 aliphatic heterocycles. The molecule has 0 saturated carbocycles. The Morgan fingerprint density at radius 1 is 0.889 bits per heavy atom. The second-order valence-electron chi connectivity index (χ2n) is 8.52. The van der Waals surface area contributed by atoms with Crippen LogP contribution in [0.3, 0.4) is 0 Å². The first-order valence-corrected chi connectivity index (χ1v) is 11.6. The van der Waals surface area contributed by atoms with Crippen LogP contribution in [0.4, 0.5) is 0 Å². The normalized spacial score (nSPS) is 16.4. The van der Waals surface area contributed by atoms with Gasteiger partial charge in [0.1, 0.15) is 5.75 Å². The number of carbonyl (C=O) groups is 3. The van der Waals surface area contributed by atoms with Crippen molar-refractivity contribution in [3.05, 3.63) is 76.3 Å². The number of allylic oxidation sites excluding steroid dienone is 2. The Bertz CT molecular complexity index is 1250. The topological polar surface area (TPSA) is 91.4 Å². The Labute approximate surface area is 210 Å². The minimum absolute atomic E-state index is 0.0956. The Morgan fingerprint density at radius 3 is 2.14 bits per heavy atom. The third-order valence-electron chi connectivity index (χ3n) is 6.49. The number of benzene rings is 2. The Hall–Kier alpha value is -3.91. The standard InChI is InChI=1S/C28H29NO7/c1-17-22(25(31)27(35-4)26(34-3)24(17)30)15-18-5-10-21(19-6-8-20(33-2)9-7-19)23(16-18)28(32)29-11-13-36-14-12-29/h5-10,16H,11-15H2,1-4H3. The molecule has 36 heavy (non-hydrogen) atoms. The SMILES string of the molecule is COC1=C(OC)C(=O)C(Cc2ccc(-c3ccc(OC)cc3)c(C(=O)N3CCOCC3)c2)=C(C)C1=O. The van der Waals surface area contributed by atoms with Gasteiger partial charge in [0.15, 0.2) is 0 Å². The third-order valence-corrected chi connectivity index (χ3v) is 6.49. The zero-order chi connectivity index (χ0) is 25.8. The van der Waals surface area contributed by atoms with Crippen molar-refractivity contribution in [1.82, 2.24) is 4.90 Å². The van der Waals surface area contributed by atoms with Gasteiger partial charge in [-0.15, -0.1) is 0 Å². The molecular formula is C28H29NO7. The highest BCUT2D eigenvalue weighted by Crippen LogP contribution is 2.31. The van der Waals surface area contributed by atoms with Crippen molar-refractivity contribution in [2.24, 2.45) is 0 Å². The monoisotopic (exact) mass is 491 g/mol. The lowest BCUT2D eigenvalue weighted by Gasteiger charge is -2.28. The molecule has 1 fully saturated rings. The Balaban J connectivity index is 1.74. The van der Waals surface area contributed by atoms with Crippen LogP contribution >= 0.6 is 0 Å². The lowest BCUT2D eigenvalue weighted by Crippen LogP contribution is -2.40. The summed E-state index contributed by atoms with van der Waals surface area (Å²) in [6, 6.07) is 13.1. The van der Waals surface area contributed by atoms with Gasteiger partial charge in [0.05, 0.1) is 34.5 Å². The van der Waals surface area contributed by atoms with Crippen molar-refractivity contribution in [2.45, 2.75) is 13.3 Å². The molecule has 0 spiro atoms. The van der Waals surface area contributed by atoms with E-state index >= 15 is 0 Å². The number of methoxy groups -OCH3 is 3. The number of rotatable bonds is 7. The fourth-order valence-corrected chi connectivity index (χ4v) is 4.45. The lowest BCUT2D eigenvalue weighted by molar-refractivity contribution is -0.121.